The molecule has 0 aromatic rings. The highest BCUT2D eigenvalue weighted by atomic mass is 16.5. The van der Waals surface area contributed by atoms with Crippen LogP contribution in [-0.2, 0) is 4.74 Å². The Morgan fingerprint density at radius 1 is 1.17 bits per heavy atom. The maximum Gasteiger partial charge on any atom is 0.0653 e. The number of hydrogen-bond acceptors (Lipinski definition) is 1. The van der Waals surface area contributed by atoms with Gasteiger partial charge in [0.2, 0.25) is 0 Å². The average Bonchev–Trinajstić information content (AvgIpc) is 2.03. The quantitative estimate of drug-likeness (QED) is 0.631. The fourth-order valence-electron chi connectivity index (χ4n) is 1.42. The first kappa shape index (κ1) is 12.0. The van der Waals surface area contributed by atoms with E-state index in [0.717, 1.165) is 0 Å². The fourth-order valence-corrected chi connectivity index (χ4v) is 1.42. The lowest BCUT2D eigenvalue weighted by Gasteiger charge is -2.41. The minimum Gasteiger partial charge on any atom is -0.379 e. The maximum absolute atomic E-state index is 5.49. The van der Waals surface area contributed by atoms with E-state index >= 15 is 0 Å². The summed E-state index contributed by atoms with van der Waals surface area (Å²) in [4.78, 5) is 0. The fraction of sp³-hybridized carbons (Fsp3) is 1.00. The Morgan fingerprint density at radius 2 is 1.58 bits per heavy atom. The summed E-state index contributed by atoms with van der Waals surface area (Å²) in [6.45, 7) is 13.4. The maximum atomic E-state index is 5.49. The third-order valence-electron chi connectivity index (χ3n) is 3.65. The van der Waals surface area contributed by atoms with Gasteiger partial charge in [0.25, 0.3) is 0 Å². The van der Waals surface area contributed by atoms with Crippen molar-refractivity contribution in [3.8, 4) is 0 Å². The number of methoxy groups -OCH3 is 1. The Hall–Kier alpha value is -0.0400. The molecule has 0 aliphatic rings. The van der Waals surface area contributed by atoms with Crippen molar-refractivity contribution in [2.75, 3.05) is 7.11 Å². The third-order valence-corrected chi connectivity index (χ3v) is 3.65. The van der Waals surface area contributed by atoms with Crippen molar-refractivity contribution in [1.29, 1.82) is 0 Å². The van der Waals surface area contributed by atoms with E-state index in [0.29, 0.717) is 11.3 Å². The summed E-state index contributed by atoms with van der Waals surface area (Å²) in [5.41, 5.74) is 0.346. The van der Waals surface area contributed by atoms with Gasteiger partial charge in [-0.25, -0.2) is 0 Å². The van der Waals surface area contributed by atoms with E-state index in [4.69, 9.17) is 4.74 Å². The van der Waals surface area contributed by atoms with Crippen molar-refractivity contribution < 1.29 is 4.74 Å². The predicted octanol–water partition coefficient (Wildman–Crippen LogP) is 3.48. The first-order chi connectivity index (χ1) is 5.28. The molecule has 0 fully saturated rings. The Labute approximate surface area is 77.5 Å². The summed E-state index contributed by atoms with van der Waals surface area (Å²) in [5.74, 6) is 0.569. The molecular weight excluding hydrogens is 148 g/mol. The van der Waals surface area contributed by atoms with Crippen molar-refractivity contribution in [2.45, 2.75) is 53.6 Å². The van der Waals surface area contributed by atoms with Crippen molar-refractivity contribution in [2.24, 2.45) is 11.3 Å². The topological polar surface area (TPSA) is 9.23 Å². The van der Waals surface area contributed by atoms with E-state index in [1.54, 1.807) is 7.11 Å². The number of ether oxygens (including phenoxy) is 1. The highest BCUT2D eigenvalue weighted by Gasteiger charge is 2.36. The third kappa shape index (κ3) is 2.48. The molecule has 0 aromatic carbocycles. The van der Waals surface area contributed by atoms with Crippen LogP contribution in [0.5, 0.6) is 0 Å². The SMILES string of the molecule is CCC(C)(C)C(C)C(C)(C)OC. The normalized spacial score (nSPS) is 16.2. The average molecular weight is 172 g/mol. The van der Waals surface area contributed by atoms with Gasteiger partial charge in [-0.15, -0.1) is 0 Å². The Bertz CT molecular complexity index is 120. The minimum atomic E-state index is -0.0144. The van der Waals surface area contributed by atoms with E-state index in [9.17, 15) is 0 Å². The Balaban J connectivity index is 4.47. The van der Waals surface area contributed by atoms with Gasteiger partial charge < -0.3 is 4.74 Å². The molecule has 0 amide bonds. The largest absolute Gasteiger partial charge is 0.379 e. The molecule has 0 aliphatic heterocycles. The smallest absolute Gasteiger partial charge is 0.0653 e. The lowest BCUT2D eigenvalue weighted by molar-refractivity contribution is -0.0638. The zero-order valence-corrected chi connectivity index (χ0v) is 9.69. The Kier molecular flexibility index (Phi) is 3.77. The van der Waals surface area contributed by atoms with Crippen LogP contribution in [0, 0.1) is 11.3 Å². The van der Waals surface area contributed by atoms with Gasteiger partial charge in [0.15, 0.2) is 0 Å². The van der Waals surface area contributed by atoms with Crippen LogP contribution in [0.4, 0.5) is 0 Å². The van der Waals surface area contributed by atoms with Gasteiger partial charge in [0.1, 0.15) is 0 Å². The van der Waals surface area contributed by atoms with Gasteiger partial charge in [0.05, 0.1) is 5.60 Å². The van der Waals surface area contributed by atoms with Crippen molar-refractivity contribution in [3.05, 3.63) is 0 Å². The summed E-state index contributed by atoms with van der Waals surface area (Å²) >= 11 is 0. The van der Waals surface area contributed by atoms with Gasteiger partial charge in [-0.05, 0) is 25.2 Å². The molecule has 0 aromatic heterocycles. The first-order valence-corrected chi connectivity index (χ1v) is 4.83. The van der Waals surface area contributed by atoms with Crippen LogP contribution < -0.4 is 0 Å². The molecule has 0 rings (SSSR count). The molecule has 0 bridgehead atoms. The first-order valence-electron chi connectivity index (χ1n) is 4.83. The standard InChI is InChI=1S/C11H24O/c1-8-10(3,4)9(2)11(5,6)12-7/h9H,8H2,1-7H3. The van der Waals surface area contributed by atoms with Crippen molar-refractivity contribution in [1.82, 2.24) is 0 Å². The summed E-state index contributed by atoms with van der Waals surface area (Å²) < 4.78 is 5.49. The number of hydrogen-bond donors (Lipinski definition) is 0. The van der Waals surface area contributed by atoms with E-state index in [1.165, 1.54) is 6.42 Å². The van der Waals surface area contributed by atoms with Crippen molar-refractivity contribution in [3.63, 3.8) is 0 Å². The zero-order valence-electron chi connectivity index (χ0n) is 9.69. The molecular formula is C11H24O. The van der Waals surface area contributed by atoms with Gasteiger partial charge >= 0.3 is 0 Å². The molecule has 0 saturated carbocycles. The van der Waals surface area contributed by atoms with Gasteiger partial charge in [-0.2, -0.15) is 0 Å². The van der Waals surface area contributed by atoms with Crippen LogP contribution in [-0.4, -0.2) is 12.7 Å². The summed E-state index contributed by atoms with van der Waals surface area (Å²) in [7, 11) is 1.79. The highest BCUT2D eigenvalue weighted by molar-refractivity contribution is 4.86. The van der Waals surface area contributed by atoms with Gasteiger partial charge in [-0.1, -0.05) is 34.1 Å². The Morgan fingerprint density at radius 3 is 1.83 bits per heavy atom. The van der Waals surface area contributed by atoms with Gasteiger partial charge in [-0.3, -0.25) is 0 Å². The molecule has 0 aliphatic carbocycles. The number of rotatable bonds is 4. The molecule has 0 heterocycles. The summed E-state index contributed by atoms with van der Waals surface area (Å²) in [6.07, 6.45) is 1.20. The minimum absolute atomic E-state index is 0.0144. The molecule has 1 unspecified atom stereocenters. The van der Waals surface area contributed by atoms with E-state index < -0.39 is 0 Å². The van der Waals surface area contributed by atoms with E-state index in [-0.39, 0.29) is 5.60 Å². The van der Waals surface area contributed by atoms with Crippen LogP contribution in [0.2, 0.25) is 0 Å². The highest BCUT2D eigenvalue weighted by Crippen LogP contribution is 2.38. The van der Waals surface area contributed by atoms with Crippen LogP contribution >= 0.6 is 0 Å². The van der Waals surface area contributed by atoms with Crippen LogP contribution in [0.15, 0.2) is 0 Å². The molecule has 0 saturated heterocycles. The monoisotopic (exact) mass is 172 g/mol. The van der Waals surface area contributed by atoms with Gasteiger partial charge in [0, 0.05) is 7.11 Å². The lowest BCUT2D eigenvalue weighted by Crippen LogP contribution is -2.40. The predicted molar refractivity (Wildman–Crippen MR) is 54.3 cm³/mol. The molecule has 0 N–H and O–H groups in total. The van der Waals surface area contributed by atoms with Crippen LogP contribution in [0.3, 0.4) is 0 Å². The second-order valence-corrected chi connectivity index (χ2v) is 4.87. The molecule has 12 heavy (non-hydrogen) atoms. The second kappa shape index (κ2) is 3.78. The second-order valence-electron chi connectivity index (χ2n) is 4.87. The summed E-state index contributed by atoms with van der Waals surface area (Å²) in [6, 6.07) is 0. The molecule has 0 radical (unpaired) electrons. The van der Waals surface area contributed by atoms with E-state index in [1.807, 2.05) is 0 Å². The molecule has 0 spiro atoms. The molecule has 1 nitrogen and oxygen atoms in total. The molecule has 74 valence electrons. The van der Waals surface area contributed by atoms with Crippen LogP contribution in [0.25, 0.3) is 0 Å². The van der Waals surface area contributed by atoms with Crippen LogP contribution in [0.1, 0.15) is 48.0 Å². The van der Waals surface area contributed by atoms with Crippen molar-refractivity contribution >= 4 is 0 Å². The molecule has 1 atom stereocenters. The van der Waals surface area contributed by atoms with E-state index in [2.05, 4.69) is 41.5 Å². The summed E-state index contributed by atoms with van der Waals surface area (Å²) in [5, 5.41) is 0. The molecule has 1 heteroatoms. The zero-order chi connectivity index (χ0) is 9.99. The lowest BCUT2D eigenvalue weighted by atomic mass is 9.70.